The van der Waals surface area contributed by atoms with Gasteiger partial charge in [0.15, 0.2) is 5.69 Å². The molecule has 0 aliphatic carbocycles. The first-order chi connectivity index (χ1) is 18.0. The van der Waals surface area contributed by atoms with Gasteiger partial charge in [0.25, 0.3) is 0 Å². The van der Waals surface area contributed by atoms with Crippen LogP contribution in [0.1, 0.15) is 0 Å². The molecule has 37 heavy (non-hydrogen) atoms. The van der Waals surface area contributed by atoms with Crippen LogP contribution in [-0.2, 0) is 4.74 Å². The molecule has 2 aromatic heterocycles. The third-order valence-electron chi connectivity index (χ3n) is 4.99. The van der Waals surface area contributed by atoms with Crippen molar-refractivity contribution < 1.29 is 18.7 Å². The number of benzene rings is 3. The van der Waals surface area contributed by atoms with Crippen LogP contribution in [0.2, 0.25) is 5.02 Å². The van der Waals surface area contributed by atoms with E-state index in [1.54, 1.807) is 78.9 Å². The maximum Gasteiger partial charge on any atom is 0.446 e. The predicted molar refractivity (Wildman–Crippen MR) is 133 cm³/mol. The van der Waals surface area contributed by atoms with Crippen molar-refractivity contribution in [2.45, 2.75) is 0 Å². The van der Waals surface area contributed by atoms with E-state index >= 15 is 0 Å². The second-order valence-electron chi connectivity index (χ2n) is 7.38. The van der Waals surface area contributed by atoms with E-state index in [-0.39, 0.29) is 17.3 Å². The fraction of sp³-hybridized carbons (Fsp3) is 0. The molecule has 0 aliphatic heterocycles. The molecule has 12 nitrogen and oxygen atoms in total. The van der Waals surface area contributed by atoms with E-state index in [2.05, 4.69) is 20.8 Å². The summed E-state index contributed by atoms with van der Waals surface area (Å²) < 4.78 is 16.2. The summed E-state index contributed by atoms with van der Waals surface area (Å²) in [5.41, 5.74) is 1.15. The summed E-state index contributed by atoms with van der Waals surface area (Å²) in [5, 5.41) is 23.1. The fourth-order valence-electron chi connectivity index (χ4n) is 3.43. The second kappa shape index (κ2) is 10.2. The number of amidine groups is 1. The minimum atomic E-state index is -0.910. The summed E-state index contributed by atoms with van der Waals surface area (Å²) >= 11 is 6.10. The smallest absolute Gasteiger partial charge is 0.375 e. The third-order valence-corrected chi connectivity index (χ3v) is 5.23. The molecule has 5 rings (SSSR count). The van der Waals surface area contributed by atoms with Crippen LogP contribution in [0.3, 0.4) is 0 Å². The van der Waals surface area contributed by atoms with Crippen molar-refractivity contribution in [1.29, 1.82) is 5.41 Å². The standard InChI is InChI=1S/C24H16ClN7O5/c25-15-8-7-13-18(14-15)32-20(29-36-24(32)34)19-21(30-37-28-19)31(17-11-5-2-6-12-17)22(26)35-23(33)27-16-9-3-1-4-10-16/h1-14,26H,(H,27,33). The van der Waals surface area contributed by atoms with Gasteiger partial charge >= 0.3 is 17.9 Å². The molecule has 2 N–H and O–H groups in total. The number of carbonyl (C=O) groups excluding carboxylic acids is 1. The summed E-state index contributed by atoms with van der Waals surface area (Å²) in [5.74, 6) is -0.982. The van der Waals surface area contributed by atoms with Gasteiger partial charge < -0.3 is 4.74 Å². The first-order valence-corrected chi connectivity index (χ1v) is 11.0. The number of para-hydroxylation sites is 2. The lowest BCUT2D eigenvalue weighted by molar-refractivity contribution is 0.211. The number of anilines is 3. The number of hydrogen-bond acceptors (Lipinski definition) is 9. The summed E-state index contributed by atoms with van der Waals surface area (Å²) in [6.45, 7) is 0. The normalized spacial score (nSPS) is 10.6. The van der Waals surface area contributed by atoms with E-state index < -0.39 is 17.9 Å². The topological polar surface area (TPSA) is 152 Å². The van der Waals surface area contributed by atoms with Gasteiger partial charge in [-0.25, -0.2) is 23.7 Å². The van der Waals surface area contributed by atoms with Gasteiger partial charge in [-0.3, -0.25) is 15.2 Å². The van der Waals surface area contributed by atoms with Crippen LogP contribution in [0, 0.1) is 5.41 Å². The van der Waals surface area contributed by atoms with E-state index in [0.29, 0.717) is 22.1 Å². The molecule has 13 heteroatoms. The molecular formula is C24H16ClN7O5. The Morgan fingerprint density at radius 1 is 0.973 bits per heavy atom. The van der Waals surface area contributed by atoms with Gasteiger partial charge in [-0.1, -0.05) is 59.2 Å². The van der Waals surface area contributed by atoms with E-state index in [4.69, 9.17) is 30.9 Å². The maximum atomic E-state index is 12.5. The summed E-state index contributed by atoms with van der Waals surface area (Å²) in [6.07, 6.45) is -0.910. The highest BCUT2D eigenvalue weighted by Crippen LogP contribution is 2.33. The van der Waals surface area contributed by atoms with Crippen LogP contribution in [-0.4, -0.2) is 32.2 Å². The molecule has 0 saturated heterocycles. The summed E-state index contributed by atoms with van der Waals surface area (Å²) in [4.78, 5) is 26.2. The molecular weight excluding hydrogens is 502 g/mol. The molecule has 0 spiro atoms. The quantitative estimate of drug-likeness (QED) is 0.246. The van der Waals surface area contributed by atoms with Gasteiger partial charge in [-0.2, -0.15) is 0 Å². The Hall–Kier alpha value is -5.23. The highest BCUT2D eigenvalue weighted by molar-refractivity contribution is 6.30. The summed E-state index contributed by atoms with van der Waals surface area (Å²) in [7, 11) is 0. The lowest BCUT2D eigenvalue weighted by Gasteiger charge is -2.21. The molecule has 184 valence electrons. The van der Waals surface area contributed by atoms with Gasteiger partial charge in [0, 0.05) is 10.7 Å². The van der Waals surface area contributed by atoms with Crippen LogP contribution in [0.15, 0.2) is 98.9 Å². The lowest BCUT2D eigenvalue weighted by Crippen LogP contribution is -2.32. The maximum absolute atomic E-state index is 12.5. The van der Waals surface area contributed by atoms with Crippen LogP contribution < -0.4 is 16.0 Å². The monoisotopic (exact) mass is 517 g/mol. The fourth-order valence-corrected chi connectivity index (χ4v) is 3.61. The van der Waals surface area contributed by atoms with Gasteiger partial charge in [0.1, 0.15) is 0 Å². The van der Waals surface area contributed by atoms with E-state index in [1.807, 2.05) is 0 Å². The number of aromatic nitrogens is 4. The lowest BCUT2D eigenvalue weighted by atomic mass is 10.2. The second-order valence-corrected chi connectivity index (χ2v) is 7.82. The Morgan fingerprint density at radius 3 is 2.43 bits per heavy atom. The average molecular weight is 518 g/mol. The number of carbonyl (C=O) groups is 1. The molecule has 3 aromatic carbocycles. The van der Waals surface area contributed by atoms with E-state index in [1.165, 1.54) is 6.07 Å². The average Bonchev–Trinajstić information content (AvgIpc) is 3.52. The Labute approximate surface area is 213 Å². The Morgan fingerprint density at radius 2 is 1.70 bits per heavy atom. The third kappa shape index (κ3) is 4.94. The number of ether oxygens (including phenoxy) is 1. The SMILES string of the molecule is N=C(OC(=O)Nc1ccccc1)N(c1ccccc1)c1nonc1-c1noc(=O)n1-c1cccc(Cl)c1. The van der Waals surface area contributed by atoms with Gasteiger partial charge in [-0.05, 0) is 52.8 Å². The largest absolute Gasteiger partial charge is 0.446 e. The van der Waals surface area contributed by atoms with Crippen LogP contribution in [0.25, 0.3) is 17.2 Å². The zero-order valence-electron chi connectivity index (χ0n) is 18.7. The Balaban J connectivity index is 1.54. The molecule has 0 saturated carbocycles. The summed E-state index contributed by atoms with van der Waals surface area (Å²) in [6, 6.07) is 22.9. The molecule has 0 bridgehead atoms. The highest BCUT2D eigenvalue weighted by Gasteiger charge is 2.30. The van der Waals surface area contributed by atoms with E-state index in [9.17, 15) is 9.59 Å². The van der Waals surface area contributed by atoms with Crippen molar-refractivity contribution in [2.75, 3.05) is 10.2 Å². The van der Waals surface area contributed by atoms with Crippen molar-refractivity contribution in [3.63, 3.8) is 0 Å². The number of halogens is 1. The number of rotatable bonds is 5. The van der Waals surface area contributed by atoms with Crippen molar-refractivity contribution in [3.8, 4) is 17.2 Å². The first-order valence-electron chi connectivity index (χ1n) is 10.7. The van der Waals surface area contributed by atoms with Crippen LogP contribution >= 0.6 is 11.6 Å². The number of amides is 1. The predicted octanol–water partition coefficient (Wildman–Crippen LogP) is 4.85. The van der Waals surface area contributed by atoms with Gasteiger partial charge in [-0.15, -0.1) is 0 Å². The van der Waals surface area contributed by atoms with Gasteiger partial charge in [0.05, 0.1) is 11.4 Å². The molecule has 1 amide bonds. The molecule has 0 aliphatic rings. The molecule has 5 aromatic rings. The Bertz CT molecular complexity index is 1620. The molecule has 0 atom stereocenters. The van der Waals surface area contributed by atoms with Crippen molar-refractivity contribution in [3.05, 3.63) is 101 Å². The minimum absolute atomic E-state index is 0.0634. The van der Waals surface area contributed by atoms with Crippen LogP contribution in [0.5, 0.6) is 0 Å². The zero-order chi connectivity index (χ0) is 25.8. The first kappa shape index (κ1) is 23.5. The van der Waals surface area contributed by atoms with Crippen molar-refractivity contribution in [1.82, 2.24) is 20.0 Å². The number of nitrogens with one attached hydrogen (secondary N) is 2. The zero-order valence-corrected chi connectivity index (χ0v) is 19.5. The van der Waals surface area contributed by atoms with Crippen LogP contribution in [0.4, 0.5) is 22.0 Å². The van der Waals surface area contributed by atoms with Crippen molar-refractivity contribution >= 4 is 40.9 Å². The molecule has 2 heterocycles. The minimum Gasteiger partial charge on any atom is -0.375 e. The highest BCUT2D eigenvalue weighted by atomic mass is 35.5. The number of nitrogens with zero attached hydrogens (tertiary/aromatic N) is 5. The van der Waals surface area contributed by atoms with Gasteiger partial charge in [0.2, 0.25) is 11.6 Å². The number of hydrogen-bond donors (Lipinski definition) is 2. The molecule has 0 radical (unpaired) electrons. The Kier molecular flexibility index (Phi) is 6.46. The van der Waals surface area contributed by atoms with E-state index in [0.717, 1.165) is 9.47 Å². The molecule has 0 fully saturated rings. The van der Waals surface area contributed by atoms with Crippen molar-refractivity contribution in [2.24, 2.45) is 0 Å². The molecule has 0 unspecified atom stereocenters.